The zero-order chi connectivity index (χ0) is 31.6. The zero-order valence-electron chi connectivity index (χ0n) is 27.2. The molecule has 0 atom stereocenters. The Labute approximate surface area is 253 Å². The number of halogens is 2. The van der Waals surface area contributed by atoms with Gasteiger partial charge in [-0.15, -0.1) is 0 Å². The van der Waals surface area contributed by atoms with E-state index in [2.05, 4.69) is 24.9 Å². The number of nitrogens with one attached hydrogen (secondary N) is 1. The minimum absolute atomic E-state index is 0.0832. The van der Waals surface area contributed by atoms with Crippen LogP contribution in [0.2, 0.25) is 5.02 Å². The standard InChI is InChI=1S/C14H20N2O.C7H7Cl.C5H7Cl.4C2H6/c1-4-12-7-5-8-13(11-12)15-14(17)9-6-10-16(2)3;1-6-3-2-4-7(8)5-6;1-3-4-5(2)6;4*1-2/h5-9,11H,4,10H2,1-3H3,(H,15,17);2-5H,1H3;3-4H,2H2,1H3;4*1-2H3/b9-6+;;4-3-;;;;. The maximum atomic E-state index is 11.6. The van der Waals surface area contributed by atoms with E-state index in [-0.39, 0.29) is 5.91 Å². The fraction of sp³-hybridized carbons (Fsp3) is 0.441. The number of hydrogen-bond donors (Lipinski definition) is 1. The van der Waals surface area contributed by atoms with E-state index in [1.54, 1.807) is 12.2 Å². The van der Waals surface area contributed by atoms with Gasteiger partial charge in [0, 0.05) is 28.4 Å². The van der Waals surface area contributed by atoms with Gasteiger partial charge in [0.15, 0.2) is 0 Å². The molecule has 3 nitrogen and oxygen atoms in total. The van der Waals surface area contributed by atoms with Crippen molar-refractivity contribution in [1.82, 2.24) is 4.90 Å². The molecule has 224 valence electrons. The Morgan fingerprint density at radius 2 is 1.46 bits per heavy atom. The van der Waals surface area contributed by atoms with Gasteiger partial charge in [-0.05, 0) is 75.8 Å². The molecule has 2 rings (SSSR count). The van der Waals surface area contributed by atoms with Crippen LogP contribution in [0.15, 0.2) is 84.4 Å². The largest absolute Gasteiger partial charge is 0.323 e. The SMILES string of the molecule is C=C(Cl)/C=C\C.CC.CC.CC.CC.CCc1cccc(NC(=O)/C=C/CN(C)C)c1.Cc1cccc(Cl)c1. The first-order valence-electron chi connectivity index (χ1n) is 14.1. The molecule has 0 saturated heterocycles. The molecular formula is C34H58Cl2N2O. The molecule has 0 aliphatic heterocycles. The highest BCUT2D eigenvalue weighted by Crippen LogP contribution is 2.11. The van der Waals surface area contributed by atoms with Crippen molar-refractivity contribution in [2.75, 3.05) is 26.0 Å². The van der Waals surface area contributed by atoms with Crippen molar-refractivity contribution in [1.29, 1.82) is 0 Å². The lowest BCUT2D eigenvalue weighted by Gasteiger charge is -2.05. The number of nitrogens with zero attached hydrogens (tertiary/aromatic N) is 1. The lowest BCUT2D eigenvalue weighted by molar-refractivity contribution is -0.111. The van der Waals surface area contributed by atoms with Gasteiger partial charge in [-0.1, -0.05) is 129 Å². The Balaban J connectivity index is -0.000000146. The average molecular weight is 582 g/mol. The molecule has 5 heteroatoms. The second-order valence-electron chi connectivity index (χ2n) is 6.95. The fourth-order valence-corrected chi connectivity index (χ4v) is 2.58. The molecule has 0 spiro atoms. The number of likely N-dealkylation sites (N-methyl/N-ethyl adjacent to an activating group) is 1. The fourth-order valence-electron chi connectivity index (χ4n) is 2.21. The van der Waals surface area contributed by atoms with Crippen molar-refractivity contribution in [2.45, 2.75) is 82.6 Å². The molecule has 0 aliphatic carbocycles. The molecule has 0 heterocycles. The van der Waals surface area contributed by atoms with E-state index in [4.69, 9.17) is 23.2 Å². The predicted octanol–water partition coefficient (Wildman–Crippen LogP) is 11.4. The van der Waals surface area contributed by atoms with Gasteiger partial charge in [0.25, 0.3) is 0 Å². The Morgan fingerprint density at radius 3 is 1.82 bits per heavy atom. The van der Waals surface area contributed by atoms with E-state index in [1.165, 1.54) is 11.1 Å². The van der Waals surface area contributed by atoms with Gasteiger partial charge >= 0.3 is 0 Å². The summed E-state index contributed by atoms with van der Waals surface area (Å²) >= 11 is 10.9. The molecule has 39 heavy (non-hydrogen) atoms. The van der Waals surface area contributed by atoms with Crippen LogP contribution in [0, 0.1) is 6.92 Å². The Morgan fingerprint density at radius 1 is 0.923 bits per heavy atom. The number of aryl methyl sites for hydroxylation is 2. The first-order valence-corrected chi connectivity index (χ1v) is 14.8. The number of carbonyl (C=O) groups is 1. The Bertz CT molecular complexity index is 843. The highest BCUT2D eigenvalue weighted by Gasteiger charge is 1.98. The van der Waals surface area contributed by atoms with Crippen LogP contribution in [0.1, 0.15) is 80.4 Å². The van der Waals surface area contributed by atoms with Crippen molar-refractivity contribution in [3.05, 3.63) is 101 Å². The molecule has 0 bridgehead atoms. The number of amides is 1. The highest BCUT2D eigenvalue weighted by atomic mass is 35.5. The Kier molecular flexibility index (Phi) is 45.1. The molecule has 0 fully saturated rings. The van der Waals surface area contributed by atoms with Gasteiger partial charge in [-0.25, -0.2) is 0 Å². The smallest absolute Gasteiger partial charge is 0.248 e. The summed E-state index contributed by atoms with van der Waals surface area (Å²) in [4.78, 5) is 13.6. The summed E-state index contributed by atoms with van der Waals surface area (Å²) in [6, 6.07) is 15.7. The van der Waals surface area contributed by atoms with E-state index in [0.717, 1.165) is 23.7 Å². The summed E-state index contributed by atoms with van der Waals surface area (Å²) in [7, 11) is 3.93. The molecule has 0 radical (unpaired) electrons. The van der Waals surface area contributed by atoms with Crippen molar-refractivity contribution in [3.63, 3.8) is 0 Å². The normalized spacial score (nSPS) is 8.82. The molecule has 0 aromatic heterocycles. The molecule has 0 unspecified atom stereocenters. The van der Waals surface area contributed by atoms with Gasteiger partial charge in [0.1, 0.15) is 0 Å². The summed E-state index contributed by atoms with van der Waals surface area (Å²) in [6.45, 7) is 26.2. The summed E-state index contributed by atoms with van der Waals surface area (Å²) in [6.07, 6.45) is 7.97. The first-order chi connectivity index (χ1) is 18.7. The molecular weight excluding hydrogens is 523 g/mol. The van der Waals surface area contributed by atoms with Crippen LogP contribution >= 0.6 is 23.2 Å². The first kappa shape index (κ1) is 46.5. The van der Waals surface area contributed by atoms with Gasteiger partial charge < -0.3 is 10.2 Å². The van der Waals surface area contributed by atoms with Crippen molar-refractivity contribution >= 4 is 34.8 Å². The third-order valence-corrected chi connectivity index (χ3v) is 4.03. The molecule has 0 aliphatic rings. The monoisotopic (exact) mass is 580 g/mol. The lowest BCUT2D eigenvalue weighted by atomic mass is 10.1. The van der Waals surface area contributed by atoms with Crippen molar-refractivity contribution in [2.24, 2.45) is 0 Å². The Hall–Kier alpha value is -2.33. The van der Waals surface area contributed by atoms with Crippen molar-refractivity contribution in [3.8, 4) is 0 Å². The predicted molar refractivity (Wildman–Crippen MR) is 184 cm³/mol. The summed E-state index contributed by atoms with van der Waals surface area (Å²) in [5.41, 5.74) is 3.28. The van der Waals surface area contributed by atoms with E-state index in [9.17, 15) is 4.79 Å². The number of anilines is 1. The second kappa shape index (κ2) is 37.8. The topological polar surface area (TPSA) is 32.3 Å². The number of benzene rings is 2. The number of allylic oxidation sites excluding steroid dienone is 3. The van der Waals surface area contributed by atoms with Crippen molar-refractivity contribution < 1.29 is 4.79 Å². The van der Waals surface area contributed by atoms with Crippen LogP contribution in [0.5, 0.6) is 0 Å². The van der Waals surface area contributed by atoms with E-state index < -0.39 is 0 Å². The molecule has 2 aromatic rings. The van der Waals surface area contributed by atoms with Gasteiger partial charge in [-0.2, -0.15) is 0 Å². The van der Waals surface area contributed by atoms with Crippen LogP contribution in [0.3, 0.4) is 0 Å². The van der Waals surface area contributed by atoms with Crippen LogP contribution in [0.25, 0.3) is 0 Å². The number of hydrogen-bond acceptors (Lipinski definition) is 2. The lowest BCUT2D eigenvalue weighted by Crippen LogP contribution is -2.12. The van der Waals surface area contributed by atoms with Crippen LogP contribution < -0.4 is 5.32 Å². The molecule has 1 amide bonds. The molecule has 1 N–H and O–H groups in total. The molecule has 2 aromatic carbocycles. The second-order valence-corrected chi connectivity index (χ2v) is 7.88. The van der Waals surface area contributed by atoms with E-state index in [0.29, 0.717) is 5.03 Å². The number of rotatable bonds is 6. The third kappa shape index (κ3) is 37.9. The summed E-state index contributed by atoms with van der Waals surface area (Å²) < 4.78 is 0. The van der Waals surface area contributed by atoms with Gasteiger partial charge in [0.05, 0.1) is 0 Å². The summed E-state index contributed by atoms with van der Waals surface area (Å²) in [5.74, 6) is -0.0832. The van der Waals surface area contributed by atoms with Gasteiger partial charge in [-0.3, -0.25) is 4.79 Å². The van der Waals surface area contributed by atoms with Gasteiger partial charge in [0.2, 0.25) is 5.91 Å². The minimum Gasteiger partial charge on any atom is -0.323 e. The van der Waals surface area contributed by atoms with E-state index >= 15 is 0 Å². The zero-order valence-corrected chi connectivity index (χ0v) is 28.7. The van der Waals surface area contributed by atoms with Crippen LogP contribution in [-0.2, 0) is 11.2 Å². The van der Waals surface area contributed by atoms with Crippen LogP contribution in [-0.4, -0.2) is 31.4 Å². The summed E-state index contributed by atoms with van der Waals surface area (Å²) in [5, 5.41) is 4.24. The highest BCUT2D eigenvalue weighted by molar-refractivity contribution is 6.31. The number of carbonyl (C=O) groups excluding carboxylic acids is 1. The third-order valence-electron chi connectivity index (χ3n) is 3.67. The average Bonchev–Trinajstić information content (AvgIpc) is 2.93. The quantitative estimate of drug-likeness (QED) is 0.272. The minimum atomic E-state index is -0.0832. The van der Waals surface area contributed by atoms with Crippen LogP contribution in [0.4, 0.5) is 5.69 Å². The molecule has 0 saturated carbocycles. The maximum Gasteiger partial charge on any atom is 0.248 e. The van der Waals surface area contributed by atoms with E-state index in [1.807, 2.05) is 143 Å². The maximum absolute atomic E-state index is 11.6.